The molecule has 0 spiro atoms. The minimum absolute atomic E-state index is 0.0147. The standard InChI is InChI=1S/C24H17N3O4/c28-22(19-12-17-5-1-2-6-18(17)31-19)20-21(16-7-10-25-11-8-16)27(24(30)23(20)29)14-15-4-3-9-26-13-15/h1-13,21,29H,14H2/t21-/m1/s1. The average molecular weight is 411 g/mol. The van der Waals surface area contributed by atoms with Gasteiger partial charge in [0.1, 0.15) is 5.58 Å². The average Bonchev–Trinajstić information content (AvgIpc) is 3.35. The highest BCUT2D eigenvalue weighted by Gasteiger charge is 2.44. The van der Waals surface area contributed by atoms with Crippen molar-refractivity contribution < 1.29 is 19.1 Å². The number of furan rings is 1. The Kier molecular flexibility index (Phi) is 4.55. The van der Waals surface area contributed by atoms with Crippen LogP contribution in [0.25, 0.3) is 11.0 Å². The first-order valence-corrected chi connectivity index (χ1v) is 9.69. The number of aliphatic hydroxyl groups excluding tert-OH is 1. The van der Waals surface area contributed by atoms with Crippen LogP contribution in [0.5, 0.6) is 0 Å². The second kappa shape index (κ2) is 7.53. The van der Waals surface area contributed by atoms with Gasteiger partial charge in [-0.3, -0.25) is 19.6 Å². The Morgan fingerprint density at radius 3 is 2.58 bits per heavy atom. The summed E-state index contributed by atoms with van der Waals surface area (Å²) in [5.41, 5.74) is 1.98. The highest BCUT2D eigenvalue weighted by atomic mass is 16.3. The van der Waals surface area contributed by atoms with E-state index in [0.717, 1.165) is 10.9 Å². The minimum atomic E-state index is -0.781. The Bertz CT molecular complexity index is 1280. The molecule has 1 aromatic carbocycles. The molecular weight excluding hydrogens is 394 g/mol. The summed E-state index contributed by atoms with van der Waals surface area (Å²) in [6, 6.07) is 15.1. The zero-order valence-electron chi connectivity index (χ0n) is 16.3. The Morgan fingerprint density at radius 2 is 1.84 bits per heavy atom. The number of ketones is 1. The Morgan fingerprint density at radius 1 is 1.03 bits per heavy atom. The van der Waals surface area contributed by atoms with Crippen molar-refractivity contribution in [2.24, 2.45) is 0 Å². The molecule has 0 radical (unpaired) electrons. The fraction of sp³-hybridized carbons (Fsp3) is 0.0833. The van der Waals surface area contributed by atoms with E-state index in [4.69, 9.17) is 4.42 Å². The van der Waals surface area contributed by atoms with E-state index in [1.54, 1.807) is 55.1 Å². The van der Waals surface area contributed by atoms with Gasteiger partial charge in [-0.1, -0.05) is 24.3 Å². The monoisotopic (exact) mass is 411 g/mol. The number of fused-ring (bicyclic) bond motifs is 1. The third kappa shape index (κ3) is 3.26. The zero-order chi connectivity index (χ0) is 21.4. The van der Waals surface area contributed by atoms with Crippen LogP contribution in [0.3, 0.4) is 0 Å². The number of aliphatic hydroxyl groups is 1. The molecule has 1 aliphatic heterocycles. The van der Waals surface area contributed by atoms with Gasteiger partial charge in [-0.15, -0.1) is 0 Å². The zero-order valence-corrected chi connectivity index (χ0v) is 16.3. The number of hydrogen-bond acceptors (Lipinski definition) is 6. The topological polar surface area (TPSA) is 96.5 Å². The minimum Gasteiger partial charge on any atom is -0.503 e. The summed E-state index contributed by atoms with van der Waals surface area (Å²) in [4.78, 5) is 36.0. The number of Topliss-reactive ketones (excluding diaryl/α,β-unsaturated/α-hetero) is 1. The van der Waals surface area contributed by atoms with E-state index >= 15 is 0 Å². The highest BCUT2D eigenvalue weighted by molar-refractivity contribution is 6.15. The van der Waals surface area contributed by atoms with E-state index in [-0.39, 0.29) is 17.9 Å². The van der Waals surface area contributed by atoms with E-state index in [9.17, 15) is 14.7 Å². The van der Waals surface area contributed by atoms with Gasteiger partial charge in [0, 0.05) is 36.7 Å². The first kappa shape index (κ1) is 18.7. The highest BCUT2D eigenvalue weighted by Crippen LogP contribution is 2.40. The van der Waals surface area contributed by atoms with Crippen molar-refractivity contribution in [3.63, 3.8) is 0 Å². The number of benzene rings is 1. The largest absolute Gasteiger partial charge is 0.503 e. The molecule has 7 nitrogen and oxygen atoms in total. The molecule has 1 aliphatic rings. The summed E-state index contributed by atoms with van der Waals surface area (Å²) >= 11 is 0. The van der Waals surface area contributed by atoms with Crippen molar-refractivity contribution in [3.8, 4) is 0 Å². The summed E-state index contributed by atoms with van der Waals surface area (Å²) in [6.45, 7) is 0.181. The second-order valence-corrected chi connectivity index (χ2v) is 7.22. The number of nitrogens with zero attached hydrogens (tertiary/aromatic N) is 3. The van der Waals surface area contributed by atoms with Crippen LogP contribution in [-0.4, -0.2) is 31.7 Å². The summed E-state index contributed by atoms with van der Waals surface area (Å²) in [5, 5.41) is 11.5. The first-order valence-electron chi connectivity index (χ1n) is 9.69. The van der Waals surface area contributed by atoms with Crippen LogP contribution in [0.4, 0.5) is 0 Å². The Hall–Kier alpha value is -4.26. The number of rotatable bonds is 5. The molecule has 5 rings (SSSR count). The second-order valence-electron chi connectivity index (χ2n) is 7.22. The quantitative estimate of drug-likeness (QED) is 0.499. The summed E-state index contributed by atoms with van der Waals surface area (Å²) in [5.74, 6) is -1.66. The van der Waals surface area contributed by atoms with E-state index in [0.29, 0.717) is 11.1 Å². The molecule has 1 amide bonds. The van der Waals surface area contributed by atoms with Crippen molar-refractivity contribution in [1.82, 2.24) is 14.9 Å². The lowest BCUT2D eigenvalue weighted by Gasteiger charge is -2.26. The van der Waals surface area contributed by atoms with Crippen molar-refractivity contribution in [3.05, 3.63) is 108 Å². The molecule has 152 valence electrons. The van der Waals surface area contributed by atoms with Crippen LogP contribution < -0.4 is 0 Å². The fourth-order valence-electron chi connectivity index (χ4n) is 3.86. The van der Waals surface area contributed by atoms with Gasteiger partial charge in [-0.25, -0.2) is 0 Å². The summed E-state index contributed by atoms with van der Waals surface area (Å²) in [6.07, 6.45) is 6.45. The van der Waals surface area contributed by atoms with E-state index in [1.807, 2.05) is 24.3 Å². The molecular formula is C24H17N3O4. The SMILES string of the molecule is O=C(C1=C(O)C(=O)N(Cc2cccnc2)[C@@H]1c1ccncc1)c1cc2ccccc2o1. The van der Waals surface area contributed by atoms with Gasteiger partial charge >= 0.3 is 0 Å². The lowest BCUT2D eigenvalue weighted by molar-refractivity contribution is -0.130. The molecule has 4 heterocycles. The molecule has 1 N–H and O–H groups in total. The van der Waals surface area contributed by atoms with Crippen LogP contribution in [0, 0.1) is 0 Å². The molecule has 0 unspecified atom stereocenters. The van der Waals surface area contributed by atoms with Crippen molar-refractivity contribution in [2.45, 2.75) is 12.6 Å². The van der Waals surface area contributed by atoms with Crippen LogP contribution in [0.1, 0.15) is 27.7 Å². The lowest BCUT2D eigenvalue weighted by Crippen LogP contribution is -2.30. The number of carbonyl (C=O) groups excluding carboxylic acids is 2. The number of hydrogen-bond donors (Lipinski definition) is 1. The third-order valence-corrected chi connectivity index (χ3v) is 5.30. The van der Waals surface area contributed by atoms with Gasteiger partial charge in [0.25, 0.3) is 5.91 Å². The van der Waals surface area contributed by atoms with Gasteiger partial charge in [-0.2, -0.15) is 0 Å². The maximum Gasteiger partial charge on any atom is 0.290 e. The van der Waals surface area contributed by atoms with Crippen LogP contribution >= 0.6 is 0 Å². The summed E-state index contributed by atoms with van der Waals surface area (Å²) < 4.78 is 5.72. The third-order valence-electron chi connectivity index (χ3n) is 5.30. The maximum atomic E-state index is 13.4. The molecule has 0 fully saturated rings. The van der Waals surface area contributed by atoms with Crippen LogP contribution in [0.15, 0.2) is 95.1 Å². The van der Waals surface area contributed by atoms with Crippen LogP contribution in [-0.2, 0) is 11.3 Å². The van der Waals surface area contributed by atoms with Gasteiger partial charge in [0.05, 0.1) is 11.6 Å². The fourth-order valence-corrected chi connectivity index (χ4v) is 3.86. The molecule has 0 saturated carbocycles. The van der Waals surface area contributed by atoms with Gasteiger partial charge < -0.3 is 14.4 Å². The molecule has 3 aromatic heterocycles. The van der Waals surface area contributed by atoms with Gasteiger partial charge in [0.2, 0.25) is 5.78 Å². The molecule has 1 atom stereocenters. The van der Waals surface area contributed by atoms with E-state index in [2.05, 4.69) is 9.97 Å². The number of para-hydroxylation sites is 1. The van der Waals surface area contributed by atoms with Crippen molar-refractivity contribution in [2.75, 3.05) is 0 Å². The molecule has 0 aliphatic carbocycles. The predicted octanol–water partition coefficient (Wildman–Crippen LogP) is 4.00. The van der Waals surface area contributed by atoms with Gasteiger partial charge in [0.15, 0.2) is 11.5 Å². The maximum absolute atomic E-state index is 13.4. The number of aromatic nitrogens is 2. The Labute approximate surface area is 177 Å². The van der Waals surface area contributed by atoms with Crippen LogP contribution in [0.2, 0.25) is 0 Å². The summed E-state index contributed by atoms with van der Waals surface area (Å²) in [7, 11) is 0. The molecule has 0 bridgehead atoms. The lowest BCUT2D eigenvalue weighted by atomic mass is 9.95. The molecule has 31 heavy (non-hydrogen) atoms. The molecule has 4 aromatic rings. The smallest absolute Gasteiger partial charge is 0.290 e. The molecule has 7 heteroatoms. The number of amides is 1. The number of carbonyl (C=O) groups is 2. The predicted molar refractivity (Wildman–Crippen MR) is 112 cm³/mol. The van der Waals surface area contributed by atoms with E-state index < -0.39 is 23.5 Å². The number of pyridine rings is 2. The van der Waals surface area contributed by atoms with Gasteiger partial charge in [-0.05, 0) is 41.5 Å². The first-order chi connectivity index (χ1) is 15.1. The normalized spacial score (nSPS) is 16.3. The molecule has 0 saturated heterocycles. The van der Waals surface area contributed by atoms with E-state index in [1.165, 1.54) is 4.90 Å². The Balaban J connectivity index is 1.59. The van der Waals surface area contributed by atoms with Crippen molar-refractivity contribution >= 4 is 22.7 Å². The van der Waals surface area contributed by atoms with Crippen molar-refractivity contribution in [1.29, 1.82) is 0 Å².